The molecule has 1 heterocycles. The molecule has 108 valence electrons. The van der Waals surface area contributed by atoms with E-state index in [9.17, 15) is 9.59 Å². The fraction of sp³-hybridized carbons (Fsp3) is 0.125. The van der Waals surface area contributed by atoms with E-state index in [0.29, 0.717) is 5.56 Å². The van der Waals surface area contributed by atoms with Gasteiger partial charge in [-0.05, 0) is 44.2 Å². The maximum Gasteiger partial charge on any atom is 0.269 e. The third-order valence-electron chi connectivity index (χ3n) is 2.77. The first kappa shape index (κ1) is 15.0. The van der Waals surface area contributed by atoms with Crippen LogP contribution in [0.5, 0.6) is 0 Å². The lowest BCUT2D eigenvalue weighted by Gasteiger charge is -2.05. The number of thiophene rings is 1. The van der Waals surface area contributed by atoms with Gasteiger partial charge in [0, 0.05) is 21.4 Å². The second-order valence-electron chi connectivity index (χ2n) is 4.59. The van der Waals surface area contributed by atoms with E-state index in [-0.39, 0.29) is 11.8 Å². The first-order valence-corrected chi connectivity index (χ1v) is 7.28. The fourth-order valence-corrected chi connectivity index (χ4v) is 2.42. The molecule has 0 spiro atoms. The van der Waals surface area contributed by atoms with Gasteiger partial charge in [-0.15, -0.1) is 11.3 Å². The van der Waals surface area contributed by atoms with E-state index >= 15 is 0 Å². The summed E-state index contributed by atoms with van der Waals surface area (Å²) in [7, 11) is 0. The van der Waals surface area contributed by atoms with E-state index in [4.69, 9.17) is 0 Å². The summed E-state index contributed by atoms with van der Waals surface area (Å²) in [5.41, 5.74) is 6.30. The number of carbonyl (C=O) groups is 2. The maximum atomic E-state index is 11.8. The van der Waals surface area contributed by atoms with E-state index in [0.717, 1.165) is 10.4 Å². The van der Waals surface area contributed by atoms with Crippen LogP contribution in [0.25, 0.3) is 6.08 Å². The lowest BCUT2D eigenvalue weighted by Crippen LogP contribution is -2.40. The second-order valence-corrected chi connectivity index (χ2v) is 5.91. The van der Waals surface area contributed by atoms with Crippen molar-refractivity contribution in [2.24, 2.45) is 0 Å². The Bertz CT molecular complexity index is 672. The monoisotopic (exact) mass is 300 g/mol. The van der Waals surface area contributed by atoms with Gasteiger partial charge in [-0.1, -0.05) is 17.7 Å². The van der Waals surface area contributed by atoms with Crippen molar-refractivity contribution in [3.63, 3.8) is 0 Å². The molecular formula is C16H16N2O2S. The molecule has 0 atom stereocenters. The lowest BCUT2D eigenvalue weighted by atomic mass is 10.1. The topological polar surface area (TPSA) is 58.2 Å². The molecule has 0 aliphatic carbocycles. The van der Waals surface area contributed by atoms with Crippen LogP contribution in [0.2, 0.25) is 0 Å². The average molecular weight is 300 g/mol. The quantitative estimate of drug-likeness (QED) is 0.676. The van der Waals surface area contributed by atoms with Gasteiger partial charge in [0.25, 0.3) is 11.8 Å². The fourth-order valence-electron chi connectivity index (χ4n) is 1.64. The van der Waals surface area contributed by atoms with Crippen molar-refractivity contribution in [1.29, 1.82) is 0 Å². The molecule has 0 saturated carbocycles. The van der Waals surface area contributed by atoms with Gasteiger partial charge in [0.05, 0.1) is 0 Å². The highest BCUT2D eigenvalue weighted by molar-refractivity contribution is 7.12. The first-order valence-electron chi connectivity index (χ1n) is 6.46. The second kappa shape index (κ2) is 6.85. The number of aryl methyl sites for hydroxylation is 2. The molecule has 4 nitrogen and oxygen atoms in total. The molecule has 0 aliphatic heterocycles. The summed E-state index contributed by atoms with van der Waals surface area (Å²) >= 11 is 1.60. The van der Waals surface area contributed by atoms with Crippen molar-refractivity contribution >= 4 is 29.2 Å². The lowest BCUT2D eigenvalue weighted by molar-refractivity contribution is -0.117. The number of benzene rings is 1. The molecule has 2 rings (SSSR count). The van der Waals surface area contributed by atoms with E-state index in [2.05, 4.69) is 10.9 Å². The molecule has 0 aliphatic rings. The van der Waals surface area contributed by atoms with Gasteiger partial charge in [0.15, 0.2) is 0 Å². The Balaban J connectivity index is 1.85. The summed E-state index contributed by atoms with van der Waals surface area (Å²) in [5.74, 6) is -0.717. The van der Waals surface area contributed by atoms with Crippen molar-refractivity contribution in [2.75, 3.05) is 0 Å². The van der Waals surface area contributed by atoms with Crippen LogP contribution in [-0.2, 0) is 4.79 Å². The number of hydrogen-bond donors (Lipinski definition) is 2. The summed E-state index contributed by atoms with van der Waals surface area (Å²) in [4.78, 5) is 25.6. The van der Waals surface area contributed by atoms with Crippen molar-refractivity contribution in [1.82, 2.24) is 10.9 Å². The van der Waals surface area contributed by atoms with Gasteiger partial charge in [0.2, 0.25) is 0 Å². The standard InChI is InChI=1S/C16H16N2O2S/c1-11-3-6-13(7-4-11)16(20)18-17-15(19)10-9-14-8-5-12(2)21-14/h3-10H,1-2H3,(H,17,19)(H,18,20)/b10-9+. The number of amides is 2. The molecule has 0 bridgehead atoms. The minimum atomic E-state index is -0.374. The predicted molar refractivity (Wildman–Crippen MR) is 84.9 cm³/mol. The molecular weight excluding hydrogens is 284 g/mol. The van der Waals surface area contributed by atoms with E-state index < -0.39 is 0 Å². The molecule has 0 unspecified atom stereocenters. The number of hydrazine groups is 1. The first-order chi connectivity index (χ1) is 10.0. The maximum absolute atomic E-state index is 11.8. The third kappa shape index (κ3) is 4.57. The van der Waals surface area contributed by atoms with Crippen molar-refractivity contribution in [3.8, 4) is 0 Å². The zero-order valence-corrected chi connectivity index (χ0v) is 12.7. The zero-order valence-electron chi connectivity index (χ0n) is 11.8. The van der Waals surface area contributed by atoms with Gasteiger partial charge < -0.3 is 0 Å². The zero-order chi connectivity index (χ0) is 15.2. The van der Waals surface area contributed by atoms with Gasteiger partial charge in [0.1, 0.15) is 0 Å². The van der Waals surface area contributed by atoms with Crippen LogP contribution in [0.15, 0.2) is 42.5 Å². The van der Waals surface area contributed by atoms with Crippen molar-refractivity contribution in [3.05, 3.63) is 63.4 Å². The largest absolute Gasteiger partial charge is 0.269 e. The molecule has 0 saturated heterocycles. The summed E-state index contributed by atoms with van der Waals surface area (Å²) in [6.45, 7) is 3.95. The van der Waals surface area contributed by atoms with Gasteiger partial charge in [-0.25, -0.2) is 0 Å². The highest BCUT2D eigenvalue weighted by atomic mass is 32.1. The average Bonchev–Trinajstić information content (AvgIpc) is 2.89. The van der Waals surface area contributed by atoms with Crippen LogP contribution < -0.4 is 10.9 Å². The van der Waals surface area contributed by atoms with Crippen molar-refractivity contribution < 1.29 is 9.59 Å². The SMILES string of the molecule is Cc1ccc(C(=O)NNC(=O)/C=C/c2ccc(C)s2)cc1. The molecule has 2 N–H and O–H groups in total. The molecule has 2 amide bonds. The highest BCUT2D eigenvalue weighted by Gasteiger charge is 2.05. The van der Waals surface area contributed by atoms with Gasteiger partial charge >= 0.3 is 0 Å². The van der Waals surface area contributed by atoms with Crippen LogP contribution in [0, 0.1) is 13.8 Å². The Kier molecular flexibility index (Phi) is 4.90. The molecule has 2 aromatic rings. The summed E-state index contributed by atoms with van der Waals surface area (Å²) in [6, 6.07) is 11.0. The molecule has 5 heteroatoms. The Morgan fingerprint density at radius 1 is 1.00 bits per heavy atom. The Morgan fingerprint density at radius 3 is 2.33 bits per heavy atom. The minimum absolute atomic E-state index is 0.344. The molecule has 1 aromatic carbocycles. The molecule has 0 fully saturated rings. The van der Waals surface area contributed by atoms with Crippen LogP contribution in [0.3, 0.4) is 0 Å². The smallest absolute Gasteiger partial charge is 0.268 e. The Hall–Kier alpha value is -2.40. The third-order valence-corrected chi connectivity index (χ3v) is 3.74. The predicted octanol–water partition coefficient (Wildman–Crippen LogP) is 2.84. The van der Waals surface area contributed by atoms with Crippen LogP contribution in [-0.4, -0.2) is 11.8 Å². The Morgan fingerprint density at radius 2 is 1.71 bits per heavy atom. The van der Waals surface area contributed by atoms with Gasteiger partial charge in [-0.3, -0.25) is 20.4 Å². The van der Waals surface area contributed by atoms with Gasteiger partial charge in [-0.2, -0.15) is 0 Å². The Labute approximate surface area is 127 Å². The summed E-state index contributed by atoms with van der Waals surface area (Å²) in [6.07, 6.45) is 3.10. The van der Waals surface area contributed by atoms with Crippen LogP contribution in [0.4, 0.5) is 0 Å². The molecule has 21 heavy (non-hydrogen) atoms. The van der Waals surface area contributed by atoms with Crippen LogP contribution in [0.1, 0.15) is 25.7 Å². The van der Waals surface area contributed by atoms with E-state index in [1.54, 1.807) is 29.5 Å². The number of hydrogen-bond acceptors (Lipinski definition) is 3. The summed E-state index contributed by atoms with van der Waals surface area (Å²) < 4.78 is 0. The van der Waals surface area contributed by atoms with E-state index in [1.807, 2.05) is 38.1 Å². The number of nitrogens with one attached hydrogen (secondary N) is 2. The van der Waals surface area contributed by atoms with Crippen LogP contribution >= 0.6 is 11.3 Å². The molecule has 1 aromatic heterocycles. The minimum Gasteiger partial charge on any atom is -0.268 e. The van der Waals surface area contributed by atoms with Crippen molar-refractivity contribution in [2.45, 2.75) is 13.8 Å². The molecule has 0 radical (unpaired) electrons. The highest BCUT2D eigenvalue weighted by Crippen LogP contribution is 2.16. The summed E-state index contributed by atoms with van der Waals surface area (Å²) in [5, 5.41) is 0. The van der Waals surface area contributed by atoms with E-state index in [1.165, 1.54) is 11.0 Å². The normalized spacial score (nSPS) is 10.6. The number of carbonyl (C=O) groups excluding carboxylic acids is 2. The number of rotatable bonds is 3.